The fourth-order valence-corrected chi connectivity index (χ4v) is 2.63. The Kier molecular flexibility index (Phi) is 3.60. The van der Waals surface area contributed by atoms with Crippen molar-refractivity contribution < 1.29 is 4.79 Å². The summed E-state index contributed by atoms with van der Waals surface area (Å²) in [4.78, 5) is 14.4. The van der Waals surface area contributed by atoms with Crippen molar-refractivity contribution in [2.75, 3.05) is 25.0 Å². The number of benzene rings is 1. The fraction of sp³-hybridized carbons (Fsp3) is 0.533. The minimum Gasteiger partial charge on any atom is -0.371 e. The van der Waals surface area contributed by atoms with Crippen LogP contribution in [0.15, 0.2) is 6.07 Å². The van der Waals surface area contributed by atoms with Crippen LogP contribution in [0.3, 0.4) is 0 Å². The SMILES string of the molecule is CCc1c(C(=O)NC)cc(N2CCC2)c(C)c1C. The van der Waals surface area contributed by atoms with Crippen molar-refractivity contribution in [2.45, 2.75) is 33.6 Å². The Labute approximate surface area is 109 Å². The molecule has 1 N–H and O–H groups in total. The van der Waals surface area contributed by atoms with Crippen LogP contribution in [0.5, 0.6) is 0 Å². The molecule has 0 unspecified atom stereocenters. The van der Waals surface area contributed by atoms with E-state index in [-0.39, 0.29) is 5.91 Å². The van der Waals surface area contributed by atoms with Gasteiger partial charge in [-0.05, 0) is 49.4 Å². The number of nitrogens with zero attached hydrogens (tertiary/aromatic N) is 1. The van der Waals surface area contributed by atoms with E-state index >= 15 is 0 Å². The molecule has 1 aliphatic rings. The number of nitrogens with one attached hydrogen (secondary N) is 1. The molecule has 0 aromatic heterocycles. The maximum atomic E-state index is 12.0. The number of carbonyl (C=O) groups is 1. The number of hydrogen-bond acceptors (Lipinski definition) is 2. The van der Waals surface area contributed by atoms with Crippen LogP contribution in [0.2, 0.25) is 0 Å². The molecule has 0 radical (unpaired) electrons. The van der Waals surface area contributed by atoms with E-state index in [1.165, 1.54) is 28.8 Å². The van der Waals surface area contributed by atoms with E-state index < -0.39 is 0 Å². The van der Waals surface area contributed by atoms with Gasteiger partial charge in [0.05, 0.1) is 0 Å². The Balaban J connectivity index is 2.56. The monoisotopic (exact) mass is 246 g/mol. The first-order valence-corrected chi connectivity index (χ1v) is 6.70. The summed E-state index contributed by atoms with van der Waals surface area (Å²) in [6, 6.07) is 2.07. The second kappa shape index (κ2) is 5.01. The van der Waals surface area contributed by atoms with Gasteiger partial charge in [0.25, 0.3) is 5.91 Å². The molecule has 1 aromatic rings. The van der Waals surface area contributed by atoms with Gasteiger partial charge < -0.3 is 10.2 Å². The Morgan fingerprint density at radius 1 is 1.33 bits per heavy atom. The average molecular weight is 246 g/mol. The van der Waals surface area contributed by atoms with Gasteiger partial charge in [0.1, 0.15) is 0 Å². The van der Waals surface area contributed by atoms with Gasteiger partial charge in [0, 0.05) is 31.4 Å². The number of carbonyl (C=O) groups excluding carboxylic acids is 1. The number of hydrogen-bond donors (Lipinski definition) is 1. The third kappa shape index (κ3) is 1.98. The zero-order chi connectivity index (χ0) is 13.3. The molecule has 2 rings (SSSR count). The molecule has 0 atom stereocenters. The highest BCUT2D eigenvalue weighted by Gasteiger charge is 2.22. The average Bonchev–Trinajstić information content (AvgIpc) is 2.31. The zero-order valence-electron chi connectivity index (χ0n) is 11.8. The van der Waals surface area contributed by atoms with Gasteiger partial charge in [-0.1, -0.05) is 6.92 Å². The Morgan fingerprint density at radius 2 is 2.00 bits per heavy atom. The number of amides is 1. The predicted molar refractivity (Wildman–Crippen MR) is 75.5 cm³/mol. The minimum atomic E-state index is 0.0247. The third-order valence-corrected chi connectivity index (χ3v) is 4.03. The molecule has 3 nitrogen and oxygen atoms in total. The van der Waals surface area contributed by atoms with E-state index in [9.17, 15) is 4.79 Å². The van der Waals surface area contributed by atoms with E-state index in [0.29, 0.717) is 0 Å². The van der Waals surface area contributed by atoms with Gasteiger partial charge >= 0.3 is 0 Å². The lowest BCUT2D eigenvalue weighted by Gasteiger charge is -2.35. The van der Waals surface area contributed by atoms with Crippen LogP contribution in [0.1, 0.15) is 40.4 Å². The van der Waals surface area contributed by atoms with Gasteiger partial charge in [-0.25, -0.2) is 0 Å². The number of anilines is 1. The van der Waals surface area contributed by atoms with Gasteiger partial charge in [0.15, 0.2) is 0 Å². The summed E-state index contributed by atoms with van der Waals surface area (Å²) >= 11 is 0. The molecule has 0 bridgehead atoms. The van der Waals surface area contributed by atoms with Crippen LogP contribution in [-0.2, 0) is 6.42 Å². The molecule has 1 heterocycles. The second-order valence-electron chi connectivity index (χ2n) is 4.95. The van der Waals surface area contributed by atoms with Crippen LogP contribution in [-0.4, -0.2) is 26.0 Å². The second-order valence-corrected chi connectivity index (χ2v) is 4.95. The molecule has 0 saturated carbocycles. The van der Waals surface area contributed by atoms with Crippen molar-refractivity contribution in [3.8, 4) is 0 Å². The molecule has 0 spiro atoms. The van der Waals surface area contributed by atoms with Crippen LogP contribution in [0, 0.1) is 13.8 Å². The molecule has 1 fully saturated rings. The zero-order valence-corrected chi connectivity index (χ0v) is 11.8. The largest absolute Gasteiger partial charge is 0.371 e. The molecular formula is C15H22N2O. The number of rotatable bonds is 3. The van der Waals surface area contributed by atoms with Gasteiger partial charge in [0.2, 0.25) is 0 Å². The first-order valence-electron chi connectivity index (χ1n) is 6.70. The Hall–Kier alpha value is -1.51. The van der Waals surface area contributed by atoms with E-state index in [2.05, 4.69) is 37.1 Å². The highest BCUT2D eigenvalue weighted by molar-refractivity contribution is 5.97. The van der Waals surface area contributed by atoms with Crippen molar-refractivity contribution in [2.24, 2.45) is 0 Å². The van der Waals surface area contributed by atoms with E-state index in [1.54, 1.807) is 7.05 Å². The smallest absolute Gasteiger partial charge is 0.251 e. The third-order valence-electron chi connectivity index (χ3n) is 4.03. The van der Waals surface area contributed by atoms with Crippen LogP contribution < -0.4 is 10.2 Å². The highest BCUT2D eigenvalue weighted by Crippen LogP contribution is 2.31. The lowest BCUT2D eigenvalue weighted by molar-refractivity contribution is 0.0962. The van der Waals surface area contributed by atoms with Crippen molar-refractivity contribution >= 4 is 11.6 Å². The van der Waals surface area contributed by atoms with Crippen molar-refractivity contribution in [1.29, 1.82) is 0 Å². The van der Waals surface area contributed by atoms with E-state index in [4.69, 9.17) is 0 Å². The van der Waals surface area contributed by atoms with E-state index in [0.717, 1.165) is 25.1 Å². The molecule has 0 aliphatic carbocycles. The maximum absolute atomic E-state index is 12.0. The summed E-state index contributed by atoms with van der Waals surface area (Å²) in [7, 11) is 1.69. The fourth-order valence-electron chi connectivity index (χ4n) is 2.63. The van der Waals surface area contributed by atoms with Crippen LogP contribution in [0.4, 0.5) is 5.69 Å². The highest BCUT2D eigenvalue weighted by atomic mass is 16.1. The van der Waals surface area contributed by atoms with Crippen molar-refractivity contribution in [1.82, 2.24) is 5.32 Å². The molecule has 1 saturated heterocycles. The van der Waals surface area contributed by atoms with Gasteiger partial charge in [-0.2, -0.15) is 0 Å². The molecule has 3 heteroatoms. The Bertz CT molecular complexity index is 476. The minimum absolute atomic E-state index is 0.0247. The molecule has 1 amide bonds. The van der Waals surface area contributed by atoms with Crippen LogP contribution in [0.25, 0.3) is 0 Å². The van der Waals surface area contributed by atoms with Crippen molar-refractivity contribution in [3.05, 3.63) is 28.3 Å². The summed E-state index contributed by atoms with van der Waals surface area (Å²) in [5.74, 6) is 0.0247. The van der Waals surface area contributed by atoms with Gasteiger partial charge in [-0.3, -0.25) is 4.79 Å². The normalized spacial score (nSPS) is 14.3. The van der Waals surface area contributed by atoms with Gasteiger partial charge in [-0.15, -0.1) is 0 Å². The Morgan fingerprint density at radius 3 is 2.44 bits per heavy atom. The standard InChI is InChI=1S/C15H22N2O/c1-5-12-10(2)11(3)14(17-7-6-8-17)9-13(12)15(18)16-4/h9H,5-8H2,1-4H3,(H,16,18). The van der Waals surface area contributed by atoms with E-state index in [1.807, 2.05) is 0 Å². The molecule has 18 heavy (non-hydrogen) atoms. The summed E-state index contributed by atoms with van der Waals surface area (Å²) < 4.78 is 0. The summed E-state index contributed by atoms with van der Waals surface area (Å²) in [6.07, 6.45) is 2.15. The van der Waals surface area contributed by atoms with Crippen LogP contribution >= 0.6 is 0 Å². The summed E-state index contributed by atoms with van der Waals surface area (Å²) in [5.41, 5.74) is 5.83. The predicted octanol–water partition coefficient (Wildman–Crippen LogP) is 2.44. The summed E-state index contributed by atoms with van der Waals surface area (Å²) in [5, 5.41) is 2.75. The lowest BCUT2D eigenvalue weighted by Crippen LogP contribution is -2.38. The quantitative estimate of drug-likeness (QED) is 0.888. The maximum Gasteiger partial charge on any atom is 0.251 e. The lowest BCUT2D eigenvalue weighted by atomic mass is 9.92. The first kappa shape index (κ1) is 12.9. The molecule has 1 aliphatic heterocycles. The first-order chi connectivity index (χ1) is 8.60. The van der Waals surface area contributed by atoms with Crippen molar-refractivity contribution in [3.63, 3.8) is 0 Å². The topological polar surface area (TPSA) is 32.3 Å². The molecule has 98 valence electrons. The molecule has 1 aromatic carbocycles. The molecular weight excluding hydrogens is 224 g/mol. The summed E-state index contributed by atoms with van der Waals surface area (Å²) in [6.45, 7) is 8.62.